The first-order chi connectivity index (χ1) is 19.3. The minimum Gasteiger partial charge on any atom is -0.410 e. The molecule has 0 saturated carbocycles. The number of hydrogen-bond acceptors (Lipinski definition) is 4. The Bertz CT molecular complexity index is 1140. The number of carbonyl (C=O) groups is 2. The van der Waals surface area contributed by atoms with Crippen LogP contribution in [0.4, 0.5) is 22.4 Å². The molecular weight excluding hydrogens is 585 g/mol. The third-order valence-corrected chi connectivity index (χ3v) is 6.19. The predicted molar refractivity (Wildman–Crippen MR) is 154 cm³/mol. The molecular formula is C29H35Cl2F4N3O3. The van der Waals surface area contributed by atoms with Gasteiger partial charge < -0.3 is 19.9 Å². The maximum atomic E-state index is 12.3. The molecule has 0 bridgehead atoms. The summed E-state index contributed by atoms with van der Waals surface area (Å²) in [5, 5.41) is 3.43. The van der Waals surface area contributed by atoms with Gasteiger partial charge in [0.05, 0.1) is 10.0 Å². The number of halogens is 6. The lowest BCUT2D eigenvalue weighted by Gasteiger charge is -2.25. The maximum absolute atomic E-state index is 12.3. The summed E-state index contributed by atoms with van der Waals surface area (Å²) >= 11 is 11.8. The fourth-order valence-electron chi connectivity index (χ4n) is 3.30. The lowest BCUT2D eigenvalue weighted by atomic mass is 10.1. The quantitative estimate of drug-likeness (QED) is 0.219. The number of ether oxygens (including phenoxy) is 1. The van der Waals surface area contributed by atoms with Crippen LogP contribution < -0.4 is 10.1 Å². The second-order valence-corrected chi connectivity index (χ2v) is 9.92. The lowest BCUT2D eigenvalue weighted by Crippen LogP contribution is -2.30. The number of nitrogens with one attached hydrogen (secondary N) is 1. The summed E-state index contributed by atoms with van der Waals surface area (Å²) in [5.41, 5.74) is 0.937. The zero-order chi connectivity index (χ0) is 30.8. The largest absolute Gasteiger partial charge is 0.412 e. The van der Waals surface area contributed by atoms with Gasteiger partial charge in [-0.1, -0.05) is 41.5 Å². The van der Waals surface area contributed by atoms with E-state index >= 15 is 0 Å². The minimum atomic E-state index is -4.39. The molecule has 1 aliphatic heterocycles. The normalized spacial score (nSPS) is 12.8. The highest BCUT2D eigenvalue weighted by Crippen LogP contribution is 2.22. The highest BCUT2D eigenvalue weighted by atomic mass is 35.5. The molecule has 1 fully saturated rings. The summed E-state index contributed by atoms with van der Waals surface area (Å²) in [7, 11) is 4.02. The van der Waals surface area contributed by atoms with Crippen molar-refractivity contribution in [1.82, 2.24) is 15.1 Å². The lowest BCUT2D eigenvalue weighted by molar-refractivity contribution is -0.159. The molecule has 226 valence electrons. The smallest absolute Gasteiger partial charge is 0.410 e. The molecule has 0 unspecified atom stereocenters. The fourth-order valence-corrected chi connectivity index (χ4v) is 3.60. The molecule has 0 aromatic heterocycles. The SMILES string of the molecule is CN(C)C(=O)CC(F)(F)F.CNC(=O)Oc1ccc(F)cc1.Clc1ccc(C#CCCCN2CCCCC2)cc1Cl. The van der Waals surface area contributed by atoms with E-state index in [0.717, 1.165) is 23.3 Å². The number of carbonyl (C=O) groups excluding carboxylic acids is 2. The molecule has 2 amide bonds. The van der Waals surface area contributed by atoms with E-state index in [9.17, 15) is 27.2 Å². The van der Waals surface area contributed by atoms with Gasteiger partial charge in [0, 0.05) is 33.1 Å². The van der Waals surface area contributed by atoms with Crippen molar-refractivity contribution in [3.63, 3.8) is 0 Å². The second-order valence-electron chi connectivity index (χ2n) is 9.11. The molecule has 41 heavy (non-hydrogen) atoms. The van der Waals surface area contributed by atoms with Crippen molar-refractivity contribution in [1.29, 1.82) is 0 Å². The Balaban J connectivity index is 0.000000331. The monoisotopic (exact) mass is 619 g/mol. The number of hydrogen-bond donors (Lipinski definition) is 1. The molecule has 1 aliphatic rings. The van der Waals surface area contributed by atoms with Crippen molar-refractivity contribution in [2.45, 2.75) is 44.7 Å². The molecule has 6 nitrogen and oxygen atoms in total. The van der Waals surface area contributed by atoms with E-state index in [1.165, 1.54) is 84.3 Å². The van der Waals surface area contributed by atoms with E-state index in [1.807, 2.05) is 12.1 Å². The van der Waals surface area contributed by atoms with Gasteiger partial charge >= 0.3 is 12.3 Å². The Labute approximate surface area is 248 Å². The number of piperidine rings is 1. The van der Waals surface area contributed by atoms with Crippen LogP contribution >= 0.6 is 23.2 Å². The van der Waals surface area contributed by atoms with E-state index in [1.54, 1.807) is 6.07 Å². The first-order valence-corrected chi connectivity index (χ1v) is 13.6. The van der Waals surface area contributed by atoms with Crippen molar-refractivity contribution in [2.75, 3.05) is 40.8 Å². The van der Waals surface area contributed by atoms with E-state index < -0.39 is 24.6 Å². The van der Waals surface area contributed by atoms with Crippen LogP contribution in [-0.2, 0) is 4.79 Å². The van der Waals surface area contributed by atoms with Gasteiger partial charge in [0.25, 0.3) is 0 Å². The van der Waals surface area contributed by atoms with Crippen molar-refractivity contribution >= 4 is 35.2 Å². The van der Waals surface area contributed by atoms with Crippen LogP contribution in [0.25, 0.3) is 0 Å². The van der Waals surface area contributed by atoms with Gasteiger partial charge in [-0.3, -0.25) is 4.79 Å². The standard InChI is InChI=1S/C16H19Cl2N.C8H8FNO2.C5H8F3NO/c17-15-9-8-14(13-16(15)18)7-3-1-4-10-19-11-5-2-6-12-19;1-10-8(11)12-7-4-2-6(9)3-5-7;1-9(2)4(10)3-5(6,7)8/h8-9,13H,1-2,4-6,10-12H2;2-5H,1H3,(H,10,11);3H2,1-2H3. The molecule has 2 aromatic carbocycles. The van der Waals surface area contributed by atoms with Crippen LogP contribution in [0.15, 0.2) is 42.5 Å². The van der Waals surface area contributed by atoms with Crippen LogP contribution in [0, 0.1) is 17.7 Å². The van der Waals surface area contributed by atoms with Gasteiger partial charge in [-0.2, -0.15) is 13.2 Å². The molecule has 1 N–H and O–H groups in total. The van der Waals surface area contributed by atoms with Crippen LogP contribution in [0.1, 0.15) is 44.1 Å². The van der Waals surface area contributed by atoms with E-state index in [-0.39, 0.29) is 5.82 Å². The van der Waals surface area contributed by atoms with Crippen LogP contribution in [-0.4, -0.2) is 68.8 Å². The Morgan fingerprint density at radius 3 is 2.17 bits per heavy atom. The number of benzene rings is 2. The molecule has 1 heterocycles. The summed E-state index contributed by atoms with van der Waals surface area (Å²) in [6.45, 7) is 3.70. The summed E-state index contributed by atoms with van der Waals surface area (Å²) in [6.07, 6.45) is -0.133. The topological polar surface area (TPSA) is 61.9 Å². The third-order valence-electron chi connectivity index (χ3n) is 5.46. The number of alkyl halides is 3. The number of nitrogens with zero attached hydrogens (tertiary/aromatic N) is 2. The Morgan fingerprint density at radius 2 is 1.66 bits per heavy atom. The van der Waals surface area contributed by atoms with Crippen LogP contribution in [0.3, 0.4) is 0 Å². The number of unbranched alkanes of at least 4 members (excludes halogenated alkanes) is 1. The first kappa shape index (κ1) is 36.0. The maximum Gasteiger partial charge on any atom is 0.412 e. The van der Waals surface area contributed by atoms with E-state index in [2.05, 4.69) is 22.1 Å². The average molecular weight is 621 g/mol. The molecule has 0 atom stereocenters. The highest BCUT2D eigenvalue weighted by molar-refractivity contribution is 6.42. The molecule has 3 rings (SSSR count). The first-order valence-electron chi connectivity index (χ1n) is 12.9. The van der Waals surface area contributed by atoms with Crippen molar-refractivity contribution in [2.24, 2.45) is 0 Å². The average Bonchev–Trinajstić information content (AvgIpc) is 2.92. The molecule has 1 saturated heterocycles. The summed E-state index contributed by atoms with van der Waals surface area (Å²) < 4.78 is 51.3. The molecule has 0 aliphatic carbocycles. The predicted octanol–water partition coefficient (Wildman–Crippen LogP) is 7.18. The zero-order valence-electron chi connectivity index (χ0n) is 23.3. The van der Waals surface area contributed by atoms with E-state index in [0.29, 0.717) is 15.8 Å². The van der Waals surface area contributed by atoms with Gasteiger partial charge in [0.15, 0.2) is 0 Å². The molecule has 0 spiro atoms. The van der Waals surface area contributed by atoms with E-state index in [4.69, 9.17) is 27.9 Å². The van der Waals surface area contributed by atoms with Gasteiger partial charge in [-0.25, -0.2) is 9.18 Å². The van der Waals surface area contributed by atoms with Gasteiger partial charge in [-0.05, 0) is 81.4 Å². The third kappa shape index (κ3) is 17.4. The van der Waals surface area contributed by atoms with Gasteiger partial charge in [-0.15, -0.1) is 0 Å². The molecule has 12 heteroatoms. The van der Waals surface area contributed by atoms with Crippen LogP contribution in [0.5, 0.6) is 5.75 Å². The number of likely N-dealkylation sites (tertiary alicyclic amines) is 1. The Morgan fingerprint density at radius 1 is 1.02 bits per heavy atom. The molecule has 0 radical (unpaired) electrons. The van der Waals surface area contributed by atoms with Gasteiger partial charge in [0.2, 0.25) is 5.91 Å². The number of rotatable bonds is 5. The van der Waals surface area contributed by atoms with Crippen molar-refractivity contribution in [3.05, 3.63) is 63.9 Å². The summed E-state index contributed by atoms with van der Waals surface area (Å²) in [6, 6.07) is 10.7. The van der Waals surface area contributed by atoms with Crippen LogP contribution in [0.2, 0.25) is 10.0 Å². The fraction of sp³-hybridized carbons (Fsp3) is 0.448. The minimum absolute atomic E-state index is 0.316. The van der Waals surface area contributed by atoms with Crippen molar-refractivity contribution < 1.29 is 31.9 Å². The zero-order valence-corrected chi connectivity index (χ0v) is 24.8. The Kier molecular flexibility index (Phi) is 16.9. The second kappa shape index (κ2) is 19.2. The van der Waals surface area contributed by atoms with Crippen molar-refractivity contribution in [3.8, 4) is 17.6 Å². The molecule has 2 aromatic rings. The highest BCUT2D eigenvalue weighted by Gasteiger charge is 2.31. The number of amides is 2. The summed E-state index contributed by atoms with van der Waals surface area (Å²) in [4.78, 5) is 24.5. The van der Waals surface area contributed by atoms with Gasteiger partial charge in [0.1, 0.15) is 18.0 Å². The summed E-state index contributed by atoms with van der Waals surface area (Å²) in [5.74, 6) is 5.38. The Hall–Kier alpha value is -3.00.